The minimum Gasteiger partial charge on any atom is -0.371 e. The molecular weight excluding hydrogens is 197 g/mol. The molecule has 0 saturated carbocycles. The molecule has 2 aromatic rings. The number of hydrogen-bond donors (Lipinski definition) is 2. The third kappa shape index (κ3) is 1.65. The Labute approximate surface area is 85.8 Å². The van der Waals surface area contributed by atoms with Crippen molar-refractivity contribution in [2.24, 2.45) is 0 Å². The quantitative estimate of drug-likeness (QED) is 0.780. The van der Waals surface area contributed by atoms with Gasteiger partial charge in [0, 0.05) is 19.4 Å². The molecule has 0 radical (unpaired) electrons. The number of aromatic nitrogens is 4. The van der Waals surface area contributed by atoms with Gasteiger partial charge in [0.05, 0.1) is 5.69 Å². The zero-order valence-electron chi connectivity index (χ0n) is 8.37. The first-order chi connectivity index (χ1) is 7.22. The first-order valence-corrected chi connectivity index (χ1v) is 4.44. The van der Waals surface area contributed by atoms with Crippen LogP contribution < -0.4 is 5.32 Å². The summed E-state index contributed by atoms with van der Waals surface area (Å²) in [5.74, 6) is 0.638. The molecule has 0 aromatic carbocycles. The highest BCUT2D eigenvalue weighted by Crippen LogP contribution is 2.17. The standard InChI is InChI=1S/C9H10FN5/c1-5-6(10)7(11-2)15-9(14-5)8-12-3-4-13-8/h3-4H,1-2H3,(H,12,13)(H,11,14,15). The van der Waals surface area contributed by atoms with Crippen LogP contribution in [0.1, 0.15) is 5.69 Å². The van der Waals surface area contributed by atoms with Crippen molar-refractivity contribution >= 4 is 5.82 Å². The third-order valence-electron chi connectivity index (χ3n) is 1.96. The van der Waals surface area contributed by atoms with Gasteiger partial charge < -0.3 is 10.3 Å². The molecule has 0 amide bonds. The van der Waals surface area contributed by atoms with Gasteiger partial charge in [-0.25, -0.2) is 19.3 Å². The first kappa shape index (κ1) is 9.57. The van der Waals surface area contributed by atoms with Gasteiger partial charge >= 0.3 is 0 Å². The van der Waals surface area contributed by atoms with E-state index in [0.29, 0.717) is 17.3 Å². The number of nitrogens with one attached hydrogen (secondary N) is 2. The van der Waals surface area contributed by atoms with Crippen LogP contribution in [0.3, 0.4) is 0 Å². The summed E-state index contributed by atoms with van der Waals surface area (Å²) in [4.78, 5) is 14.9. The van der Waals surface area contributed by atoms with Gasteiger partial charge in [-0.05, 0) is 6.92 Å². The lowest BCUT2D eigenvalue weighted by Crippen LogP contribution is -2.04. The average Bonchev–Trinajstić information content (AvgIpc) is 2.75. The molecule has 5 nitrogen and oxygen atoms in total. The molecule has 2 rings (SSSR count). The van der Waals surface area contributed by atoms with Crippen molar-refractivity contribution in [1.29, 1.82) is 0 Å². The van der Waals surface area contributed by atoms with E-state index in [1.54, 1.807) is 26.4 Å². The van der Waals surface area contributed by atoms with E-state index in [4.69, 9.17) is 0 Å². The van der Waals surface area contributed by atoms with Crippen LogP contribution in [0.15, 0.2) is 12.4 Å². The van der Waals surface area contributed by atoms with Gasteiger partial charge in [-0.2, -0.15) is 0 Å². The van der Waals surface area contributed by atoms with E-state index in [0.717, 1.165) is 0 Å². The van der Waals surface area contributed by atoms with E-state index in [2.05, 4.69) is 25.3 Å². The van der Waals surface area contributed by atoms with Crippen LogP contribution in [0.25, 0.3) is 11.6 Å². The number of aromatic amines is 1. The highest BCUT2D eigenvalue weighted by molar-refractivity contribution is 5.49. The maximum Gasteiger partial charge on any atom is 0.198 e. The van der Waals surface area contributed by atoms with Crippen molar-refractivity contribution in [2.45, 2.75) is 6.92 Å². The molecule has 0 spiro atoms. The monoisotopic (exact) mass is 207 g/mol. The van der Waals surface area contributed by atoms with E-state index in [9.17, 15) is 4.39 Å². The summed E-state index contributed by atoms with van der Waals surface area (Å²) in [6.07, 6.45) is 3.26. The predicted octanol–water partition coefficient (Wildman–Crippen LogP) is 1.36. The van der Waals surface area contributed by atoms with E-state index < -0.39 is 5.82 Å². The van der Waals surface area contributed by atoms with Gasteiger partial charge in [-0.3, -0.25) is 0 Å². The molecule has 0 saturated heterocycles. The topological polar surface area (TPSA) is 66.5 Å². The number of rotatable bonds is 2. The molecule has 2 aromatic heterocycles. The van der Waals surface area contributed by atoms with Gasteiger partial charge in [0.15, 0.2) is 23.3 Å². The van der Waals surface area contributed by atoms with Crippen LogP contribution in [-0.4, -0.2) is 27.0 Å². The number of hydrogen-bond acceptors (Lipinski definition) is 4. The SMILES string of the molecule is CNc1nc(-c2ncc[nH]2)nc(C)c1F. The fourth-order valence-corrected chi connectivity index (χ4v) is 1.22. The Morgan fingerprint density at radius 2 is 2.20 bits per heavy atom. The van der Waals surface area contributed by atoms with Crippen LogP contribution in [0.2, 0.25) is 0 Å². The van der Waals surface area contributed by atoms with Gasteiger partial charge in [0.25, 0.3) is 0 Å². The number of nitrogens with zero attached hydrogens (tertiary/aromatic N) is 3. The summed E-state index contributed by atoms with van der Waals surface area (Å²) < 4.78 is 13.4. The molecular formula is C9H10FN5. The number of anilines is 1. The van der Waals surface area contributed by atoms with Crippen LogP contribution in [0, 0.1) is 12.7 Å². The van der Waals surface area contributed by atoms with Crippen molar-refractivity contribution in [1.82, 2.24) is 19.9 Å². The van der Waals surface area contributed by atoms with E-state index in [1.807, 2.05) is 0 Å². The fourth-order valence-electron chi connectivity index (χ4n) is 1.22. The summed E-state index contributed by atoms with van der Waals surface area (Å²) >= 11 is 0. The van der Waals surface area contributed by atoms with E-state index in [-0.39, 0.29) is 5.82 Å². The Bertz CT molecular complexity index is 466. The Morgan fingerprint density at radius 3 is 2.80 bits per heavy atom. The normalized spacial score (nSPS) is 10.3. The fraction of sp³-hybridized carbons (Fsp3) is 0.222. The van der Waals surface area contributed by atoms with Crippen molar-refractivity contribution in [2.75, 3.05) is 12.4 Å². The molecule has 2 N–H and O–H groups in total. The highest BCUT2D eigenvalue weighted by Gasteiger charge is 2.12. The molecule has 0 atom stereocenters. The summed E-state index contributed by atoms with van der Waals surface area (Å²) in [5.41, 5.74) is 0.292. The van der Waals surface area contributed by atoms with Crippen molar-refractivity contribution < 1.29 is 4.39 Å². The van der Waals surface area contributed by atoms with Crippen molar-refractivity contribution in [3.63, 3.8) is 0 Å². The molecule has 78 valence electrons. The summed E-state index contributed by atoms with van der Waals surface area (Å²) in [7, 11) is 1.61. The lowest BCUT2D eigenvalue weighted by molar-refractivity contribution is 0.607. The van der Waals surface area contributed by atoms with Gasteiger partial charge in [-0.15, -0.1) is 0 Å². The Hall–Kier alpha value is -1.98. The second-order valence-electron chi connectivity index (χ2n) is 2.98. The molecule has 6 heteroatoms. The second kappa shape index (κ2) is 3.64. The lowest BCUT2D eigenvalue weighted by Gasteiger charge is -2.05. The smallest absolute Gasteiger partial charge is 0.198 e. The Morgan fingerprint density at radius 1 is 1.40 bits per heavy atom. The third-order valence-corrected chi connectivity index (χ3v) is 1.96. The largest absolute Gasteiger partial charge is 0.371 e. The van der Waals surface area contributed by atoms with Gasteiger partial charge in [0.1, 0.15) is 0 Å². The zero-order chi connectivity index (χ0) is 10.8. The van der Waals surface area contributed by atoms with Gasteiger partial charge in [0.2, 0.25) is 0 Å². The molecule has 0 aliphatic heterocycles. The molecule has 0 fully saturated rings. The Kier molecular flexibility index (Phi) is 2.32. The minimum atomic E-state index is -0.437. The van der Waals surface area contributed by atoms with Crippen LogP contribution in [-0.2, 0) is 0 Å². The average molecular weight is 207 g/mol. The van der Waals surface area contributed by atoms with E-state index >= 15 is 0 Å². The zero-order valence-corrected chi connectivity index (χ0v) is 8.37. The molecule has 2 heterocycles. The van der Waals surface area contributed by atoms with E-state index in [1.165, 1.54) is 0 Å². The maximum absolute atomic E-state index is 13.4. The first-order valence-electron chi connectivity index (χ1n) is 4.44. The molecule has 0 unspecified atom stereocenters. The Balaban J connectivity index is 2.55. The van der Waals surface area contributed by atoms with Crippen LogP contribution in [0.5, 0.6) is 0 Å². The molecule has 0 aliphatic rings. The maximum atomic E-state index is 13.4. The number of halogens is 1. The summed E-state index contributed by atoms with van der Waals surface area (Å²) in [6, 6.07) is 0. The van der Waals surface area contributed by atoms with Crippen molar-refractivity contribution in [3.8, 4) is 11.6 Å². The van der Waals surface area contributed by atoms with Crippen LogP contribution >= 0.6 is 0 Å². The lowest BCUT2D eigenvalue weighted by atomic mass is 10.4. The second-order valence-corrected chi connectivity index (χ2v) is 2.98. The molecule has 15 heavy (non-hydrogen) atoms. The highest BCUT2D eigenvalue weighted by atomic mass is 19.1. The van der Waals surface area contributed by atoms with Crippen LogP contribution in [0.4, 0.5) is 10.2 Å². The summed E-state index contributed by atoms with van der Waals surface area (Å²) in [5, 5.41) is 2.67. The predicted molar refractivity (Wildman–Crippen MR) is 53.9 cm³/mol. The van der Waals surface area contributed by atoms with Crippen molar-refractivity contribution in [3.05, 3.63) is 23.9 Å². The number of aryl methyl sites for hydroxylation is 1. The molecule has 0 aliphatic carbocycles. The summed E-state index contributed by atoms with van der Waals surface area (Å²) in [6.45, 7) is 1.59. The number of H-pyrrole nitrogens is 1. The minimum absolute atomic E-state index is 0.175. The van der Waals surface area contributed by atoms with Gasteiger partial charge in [-0.1, -0.05) is 0 Å². The number of imidazole rings is 1. The molecule has 0 bridgehead atoms.